The standard InChI is InChI=1S/C29H27NO.2ClH.Ti/c1-2-3-11-24-20-26(18-19-27(24)22-12-6-4-7-13-22)30-21-25-16-10-17-28(29(25)31)23-14-8-5-9-15-23;;;/h4-10,12-21,31H,2-3,11H2,1H3;2*1H;/q;;;+2/p-2. The molecule has 2 nitrogen and oxygen atoms in total. The third-order valence-corrected chi connectivity index (χ3v) is 5.48. The van der Waals surface area contributed by atoms with Crippen LogP contribution in [0.25, 0.3) is 22.3 Å². The summed E-state index contributed by atoms with van der Waals surface area (Å²) in [6, 6.07) is 32.6. The van der Waals surface area contributed by atoms with E-state index in [0.29, 0.717) is 5.56 Å². The van der Waals surface area contributed by atoms with Gasteiger partial charge in [0.05, 0.1) is 5.69 Å². The number of aryl methyl sites for hydroxylation is 1. The number of unbranched alkanes of at least 4 members (excludes halogenated alkanes) is 1. The van der Waals surface area contributed by atoms with Crippen LogP contribution in [0.1, 0.15) is 30.9 Å². The molecule has 0 aliphatic carbocycles. The molecule has 5 heteroatoms. The van der Waals surface area contributed by atoms with Gasteiger partial charge in [0, 0.05) is 17.3 Å². The third-order valence-electron chi connectivity index (χ3n) is 5.48. The van der Waals surface area contributed by atoms with Gasteiger partial charge in [-0.15, -0.1) is 0 Å². The van der Waals surface area contributed by atoms with E-state index in [1.165, 1.54) is 16.7 Å². The zero-order chi connectivity index (χ0) is 24.2. The monoisotopic (exact) mass is 523 g/mol. The fourth-order valence-electron chi connectivity index (χ4n) is 3.79. The molecule has 34 heavy (non-hydrogen) atoms. The van der Waals surface area contributed by atoms with E-state index in [1.807, 2.05) is 60.7 Å². The molecule has 0 radical (unpaired) electrons. The van der Waals surface area contributed by atoms with Crippen LogP contribution in [0.3, 0.4) is 0 Å². The van der Waals surface area contributed by atoms with Gasteiger partial charge in [-0.1, -0.05) is 92.2 Å². The predicted octanol–water partition coefficient (Wildman–Crippen LogP) is 9.20. The number of benzene rings is 4. The van der Waals surface area contributed by atoms with Gasteiger partial charge in [0.25, 0.3) is 0 Å². The number of nitrogens with zero attached hydrogens (tertiary/aromatic N) is 1. The quantitative estimate of drug-likeness (QED) is 0.190. The Morgan fingerprint density at radius 2 is 1.41 bits per heavy atom. The summed E-state index contributed by atoms with van der Waals surface area (Å²) < 4.78 is 0. The Morgan fingerprint density at radius 3 is 2.03 bits per heavy atom. The summed E-state index contributed by atoms with van der Waals surface area (Å²) in [5.41, 5.74) is 7.22. The third kappa shape index (κ3) is 7.32. The summed E-state index contributed by atoms with van der Waals surface area (Å²) in [4.78, 5) is 4.69. The Hall–Kier alpha value is -2.36. The molecular formula is C29H27Cl2NOTi. The predicted molar refractivity (Wildman–Crippen MR) is 143 cm³/mol. The van der Waals surface area contributed by atoms with Gasteiger partial charge in [0.1, 0.15) is 5.75 Å². The zero-order valence-electron chi connectivity index (χ0n) is 19.1. The number of aromatic hydroxyl groups is 1. The molecule has 0 unspecified atom stereocenters. The Kier molecular flexibility index (Phi) is 10.9. The van der Waals surface area contributed by atoms with E-state index in [9.17, 15) is 5.11 Å². The Balaban J connectivity index is 0.00000103. The fraction of sp³-hybridized carbons (Fsp3) is 0.138. The first-order valence-corrected chi connectivity index (χ1v) is 15.5. The molecule has 0 saturated carbocycles. The van der Waals surface area contributed by atoms with Crippen LogP contribution in [0.5, 0.6) is 5.75 Å². The molecule has 172 valence electrons. The van der Waals surface area contributed by atoms with Gasteiger partial charge in [-0.3, -0.25) is 4.99 Å². The van der Waals surface area contributed by atoms with Crippen LogP contribution in [-0.4, -0.2) is 11.3 Å². The van der Waals surface area contributed by atoms with Gasteiger partial charge in [-0.25, -0.2) is 0 Å². The van der Waals surface area contributed by atoms with Gasteiger partial charge >= 0.3 is 35.6 Å². The van der Waals surface area contributed by atoms with Crippen LogP contribution >= 0.6 is 18.6 Å². The molecule has 0 saturated heterocycles. The molecule has 1 N–H and O–H groups in total. The van der Waals surface area contributed by atoms with E-state index >= 15 is 0 Å². The summed E-state index contributed by atoms with van der Waals surface area (Å²) in [6.07, 6.45) is 5.08. The van der Waals surface area contributed by atoms with Gasteiger partial charge in [-0.05, 0) is 53.3 Å². The van der Waals surface area contributed by atoms with E-state index in [0.717, 1.165) is 36.1 Å². The average Bonchev–Trinajstić information content (AvgIpc) is 2.88. The topological polar surface area (TPSA) is 32.6 Å². The Labute approximate surface area is 219 Å². The first-order chi connectivity index (χ1) is 16.7. The molecular weight excluding hydrogens is 497 g/mol. The number of para-hydroxylation sites is 1. The maximum absolute atomic E-state index is 10.8. The van der Waals surface area contributed by atoms with E-state index < -0.39 is 17.0 Å². The van der Waals surface area contributed by atoms with E-state index in [2.05, 4.69) is 43.3 Å². The molecule has 0 aliphatic rings. The molecule has 4 aromatic carbocycles. The van der Waals surface area contributed by atoms with Crippen molar-refractivity contribution >= 4 is 30.5 Å². The zero-order valence-corrected chi connectivity index (χ0v) is 22.2. The first-order valence-electron chi connectivity index (χ1n) is 11.2. The van der Waals surface area contributed by atoms with Crippen LogP contribution in [0.2, 0.25) is 0 Å². The summed E-state index contributed by atoms with van der Waals surface area (Å²) in [7, 11) is 9.78. The number of halogens is 2. The summed E-state index contributed by atoms with van der Waals surface area (Å²) in [5.74, 6) is 0.254. The number of phenols is 1. The van der Waals surface area contributed by atoms with Crippen molar-refractivity contribution in [3.05, 3.63) is 108 Å². The van der Waals surface area contributed by atoms with Gasteiger partial charge in [0.15, 0.2) is 0 Å². The molecule has 0 atom stereocenters. The normalized spacial score (nSPS) is 10.6. The molecule has 4 aromatic rings. The fourth-order valence-corrected chi connectivity index (χ4v) is 3.79. The van der Waals surface area contributed by atoms with E-state index in [4.69, 9.17) is 23.6 Å². The van der Waals surface area contributed by atoms with Gasteiger partial charge < -0.3 is 5.11 Å². The Bertz CT molecular complexity index is 1200. The van der Waals surface area contributed by atoms with Crippen LogP contribution in [-0.2, 0) is 23.5 Å². The van der Waals surface area contributed by atoms with Crippen molar-refractivity contribution in [1.82, 2.24) is 0 Å². The molecule has 0 amide bonds. The van der Waals surface area contributed by atoms with Crippen molar-refractivity contribution in [1.29, 1.82) is 0 Å². The SMILES string of the molecule is CCCCc1cc(N=Cc2cccc(-c3ccccc3)c2O)ccc1-c1ccccc1.[Cl][Ti][Cl]. The summed E-state index contributed by atoms with van der Waals surface area (Å²) >= 11 is -0.556. The second-order valence-electron chi connectivity index (χ2n) is 7.75. The number of hydrogen-bond donors (Lipinski definition) is 1. The van der Waals surface area contributed by atoms with Crippen molar-refractivity contribution < 1.29 is 22.1 Å². The molecule has 0 aromatic heterocycles. The summed E-state index contributed by atoms with van der Waals surface area (Å²) in [5, 5.41) is 10.8. The van der Waals surface area contributed by atoms with Crippen LogP contribution < -0.4 is 0 Å². The van der Waals surface area contributed by atoms with Crippen LogP contribution in [0.4, 0.5) is 5.69 Å². The maximum atomic E-state index is 10.8. The molecule has 4 rings (SSSR count). The molecule has 0 heterocycles. The molecule has 0 aliphatic heterocycles. The first kappa shape index (κ1) is 26.3. The molecule has 0 spiro atoms. The Morgan fingerprint density at radius 1 is 0.794 bits per heavy atom. The average molecular weight is 524 g/mol. The minimum atomic E-state index is -0.556. The van der Waals surface area contributed by atoms with Gasteiger partial charge in [0.2, 0.25) is 0 Å². The number of phenolic OH excluding ortho intramolecular Hbond substituents is 1. The second kappa shape index (κ2) is 14.1. The van der Waals surface area contributed by atoms with Crippen LogP contribution in [0, 0.1) is 0 Å². The van der Waals surface area contributed by atoms with E-state index in [1.54, 1.807) is 6.21 Å². The molecule has 0 bridgehead atoms. The van der Waals surface area contributed by atoms with Crippen molar-refractivity contribution in [2.24, 2.45) is 4.99 Å². The van der Waals surface area contributed by atoms with Crippen molar-refractivity contribution in [3.8, 4) is 28.0 Å². The van der Waals surface area contributed by atoms with Gasteiger partial charge in [-0.2, -0.15) is 0 Å². The number of hydrogen-bond acceptors (Lipinski definition) is 2. The molecule has 0 fully saturated rings. The van der Waals surface area contributed by atoms with Crippen molar-refractivity contribution in [2.75, 3.05) is 0 Å². The van der Waals surface area contributed by atoms with Crippen molar-refractivity contribution in [2.45, 2.75) is 26.2 Å². The van der Waals surface area contributed by atoms with E-state index in [-0.39, 0.29) is 5.75 Å². The summed E-state index contributed by atoms with van der Waals surface area (Å²) in [6.45, 7) is 2.21. The minimum absolute atomic E-state index is 0.254. The number of rotatable bonds is 7. The number of aliphatic imine (C=N–C) groups is 1. The second-order valence-corrected chi connectivity index (χ2v) is 10.3. The van der Waals surface area contributed by atoms with Crippen LogP contribution in [0.15, 0.2) is 102 Å². The van der Waals surface area contributed by atoms with Crippen molar-refractivity contribution in [3.63, 3.8) is 0 Å².